The second-order valence-electron chi connectivity index (χ2n) is 9.51. The van der Waals surface area contributed by atoms with Crippen molar-refractivity contribution in [3.8, 4) is 17.2 Å². The molecule has 1 aliphatic heterocycles. The minimum absolute atomic E-state index is 0.00103. The highest BCUT2D eigenvalue weighted by molar-refractivity contribution is 7.92. The average molecular weight is 674 g/mol. The van der Waals surface area contributed by atoms with Crippen LogP contribution < -0.4 is 23.8 Å². The monoisotopic (exact) mass is 673 g/mol. The maximum absolute atomic E-state index is 13.9. The molecule has 4 rings (SSSR count). The number of amides is 1. The number of methoxy groups -OCH3 is 3. The van der Waals surface area contributed by atoms with Gasteiger partial charge in [0.2, 0.25) is 15.9 Å². The van der Waals surface area contributed by atoms with Crippen LogP contribution in [0.5, 0.6) is 17.2 Å². The van der Waals surface area contributed by atoms with E-state index in [1.54, 1.807) is 0 Å². The van der Waals surface area contributed by atoms with Crippen molar-refractivity contribution in [2.75, 3.05) is 63.8 Å². The topological polar surface area (TPSA) is 141 Å². The first kappa shape index (κ1) is 33.8. The second-order valence-corrected chi connectivity index (χ2v) is 13.3. The number of nitrogens with one attached hydrogen (secondary N) is 1. The van der Waals surface area contributed by atoms with Crippen molar-refractivity contribution < 1.29 is 53.7 Å². The first-order valence-electron chi connectivity index (χ1n) is 13.2. The average Bonchev–Trinajstić information content (AvgIpc) is 3.03. The summed E-state index contributed by atoms with van der Waals surface area (Å²) in [6.07, 6.45) is -4.80. The van der Waals surface area contributed by atoms with Gasteiger partial charge in [0.05, 0.1) is 50.7 Å². The fourth-order valence-electron chi connectivity index (χ4n) is 4.47. The first-order valence-corrected chi connectivity index (χ1v) is 16.1. The summed E-state index contributed by atoms with van der Waals surface area (Å²) < 4.78 is 118. The number of benzene rings is 3. The van der Waals surface area contributed by atoms with Gasteiger partial charge in [-0.2, -0.15) is 17.5 Å². The maximum Gasteiger partial charge on any atom is 0.416 e. The minimum Gasteiger partial charge on any atom is -0.495 e. The molecule has 3 aromatic carbocycles. The van der Waals surface area contributed by atoms with Crippen molar-refractivity contribution in [1.82, 2.24) is 4.31 Å². The third-order valence-corrected chi connectivity index (χ3v) is 10.4. The van der Waals surface area contributed by atoms with Crippen molar-refractivity contribution in [2.45, 2.75) is 16.0 Å². The number of hydrogen-bond acceptors (Lipinski definition) is 9. The highest BCUT2D eigenvalue weighted by Gasteiger charge is 2.34. The number of carbonyl (C=O) groups is 1. The molecule has 3 aromatic rings. The zero-order valence-electron chi connectivity index (χ0n) is 24.3. The van der Waals surface area contributed by atoms with Gasteiger partial charge in [0.25, 0.3) is 10.0 Å². The third kappa shape index (κ3) is 7.43. The van der Waals surface area contributed by atoms with Crippen LogP contribution in [0.3, 0.4) is 0 Å². The summed E-state index contributed by atoms with van der Waals surface area (Å²) in [6, 6.07) is 10.9. The molecule has 17 heteroatoms. The van der Waals surface area contributed by atoms with Crippen molar-refractivity contribution in [2.24, 2.45) is 0 Å². The van der Waals surface area contributed by atoms with E-state index in [1.165, 1.54) is 43.8 Å². The van der Waals surface area contributed by atoms with Crippen LogP contribution in [0, 0.1) is 0 Å². The predicted octanol–water partition coefficient (Wildman–Crippen LogP) is 3.59. The Hall–Kier alpha value is -4.06. The van der Waals surface area contributed by atoms with Gasteiger partial charge in [-0.05, 0) is 48.5 Å². The minimum atomic E-state index is -4.80. The van der Waals surface area contributed by atoms with Crippen LogP contribution in [0.4, 0.5) is 24.5 Å². The lowest BCUT2D eigenvalue weighted by atomic mass is 10.2. The summed E-state index contributed by atoms with van der Waals surface area (Å²) in [7, 11) is -4.88. The Morgan fingerprint density at radius 2 is 1.53 bits per heavy atom. The molecule has 1 N–H and O–H groups in total. The van der Waals surface area contributed by atoms with Crippen LogP contribution in [-0.4, -0.2) is 81.2 Å². The summed E-state index contributed by atoms with van der Waals surface area (Å²) in [5, 5.41) is 2.44. The van der Waals surface area contributed by atoms with Gasteiger partial charge in [-0.1, -0.05) is 6.07 Å². The summed E-state index contributed by atoms with van der Waals surface area (Å²) in [4.78, 5) is 12.7. The Labute approximate surface area is 258 Å². The molecule has 1 amide bonds. The predicted molar refractivity (Wildman–Crippen MR) is 157 cm³/mol. The van der Waals surface area contributed by atoms with E-state index >= 15 is 0 Å². The number of halogens is 3. The third-order valence-electron chi connectivity index (χ3n) is 6.73. The van der Waals surface area contributed by atoms with Gasteiger partial charge in [-0.3, -0.25) is 9.10 Å². The molecule has 0 aliphatic carbocycles. The molecule has 45 heavy (non-hydrogen) atoms. The van der Waals surface area contributed by atoms with Crippen molar-refractivity contribution in [3.05, 3.63) is 66.2 Å². The number of sulfonamides is 2. The highest BCUT2D eigenvalue weighted by Crippen LogP contribution is 2.36. The molecule has 1 aliphatic rings. The molecule has 0 bridgehead atoms. The van der Waals surface area contributed by atoms with Crippen LogP contribution in [0.2, 0.25) is 0 Å². The zero-order valence-corrected chi connectivity index (χ0v) is 26.0. The van der Waals surface area contributed by atoms with Gasteiger partial charge in [0.15, 0.2) is 11.5 Å². The molecule has 1 heterocycles. The van der Waals surface area contributed by atoms with Gasteiger partial charge in [0.1, 0.15) is 17.2 Å². The molecule has 0 saturated carbocycles. The molecule has 0 atom stereocenters. The lowest BCUT2D eigenvalue weighted by Gasteiger charge is -2.27. The molecule has 0 spiro atoms. The van der Waals surface area contributed by atoms with Crippen LogP contribution in [0.15, 0.2) is 70.5 Å². The lowest BCUT2D eigenvalue weighted by Crippen LogP contribution is -2.40. The van der Waals surface area contributed by atoms with E-state index in [-0.39, 0.29) is 54.1 Å². The summed E-state index contributed by atoms with van der Waals surface area (Å²) >= 11 is 0. The van der Waals surface area contributed by atoms with E-state index in [4.69, 9.17) is 18.9 Å². The van der Waals surface area contributed by atoms with E-state index in [9.17, 15) is 34.8 Å². The second kappa shape index (κ2) is 13.5. The van der Waals surface area contributed by atoms with Gasteiger partial charge in [-0.25, -0.2) is 16.8 Å². The first-order chi connectivity index (χ1) is 21.2. The number of anilines is 2. The molecule has 244 valence electrons. The van der Waals surface area contributed by atoms with Crippen LogP contribution in [-0.2, 0) is 35.8 Å². The normalized spacial score (nSPS) is 14.4. The van der Waals surface area contributed by atoms with Crippen LogP contribution >= 0.6 is 0 Å². The van der Waals surface area contributed by atoms with Gasteiger partial charge < -0.3 is 24.3 Å². The Bertz CT molecular complexity index is 1760. The van der Waals surface area contributed by atoms with Crippen LogP contribution in [0.25, 0.3) is 0 Å². The zero-order chi connectivity index (χ0) is 33.0. The number of ether oxygens (including phenoxy) is 4. The largest absolute Gasteiger partial charge is 0.495 e. The quantitative estimate of drug-likeness (QED) is 0.324. The smallest absolute Gasteiger partial charge is 0.416 e. The summed E-state index contributed by atoms with van der Waals surface area (Å²) in [6.45, 7) is -0.393. The molecule has 0 unspecified atom stereocenters. The maximum atomic E-state index is 13.9. The van der Waals surface area contributed by atoms with Crippen LogP contribution in [0.1, 0.15) is 5.56 Å². The summed E-state index contributed by atoms with van der Waals surface area (Å²) in [5.41, 5.74) is -1.61. The van der Waals surface area contributed by atoms with E-state index in [0.717, 1.165) is 36.4 Å². The van der Waals surface area contributed by atoms with Gasteiger partial charge in [0, 0.05) is 24.8 Å². The summed E-state index contributed by atoms with van der Waals surface area (Å²) in [5.74, 6) is -0.751. The van der Waals surface area contributed by atoms with Gasteiger partial charge >= 0.3 is 6.18 Å². The van der Waals surface area contributed by atoms with E-state index < -0.39 is 54.8 Å². The highest BCUT2D eigenvalue weighted by atomic mass is 32.2. The number of hydrogen-bond donors (Lipinski definition) is 1. The van der Waals surface area contributed by atoms with Gasteiger partial charge in [-0.15, -0.1) is 0 Å². The molecular weight excluding hydrogens is 643 g/mol. The van der Waals surface area contributed by atoms with Crippen molar-refractivity contribution in [1.29, 1.82) is 0 Å². The Morgan fingerprint density at radius 3 is 2.16 bits per heavy atom. The fourth-order valence-corrected chi connectivity index (χ4v) is 7.49. The molecular formula is C28H30F3N3O9S2. The number of rotatable bonds is 11. The van der Waals surface area contributed by atoms with E-state index in [2.05, 4.69) is 5.32 Å². The fraction of sp³-hybridized carbons (Fsp3) is 0.321. The van der Waals surface area contributed by atoms with E-state index in [0.29, 0.717) is 10.4 Å². The molecule has 12 nitrogen and oxygen atoms in total. The number of alkyl halides is 3. The standard InChI is InChI=1S/C28H30F3N3O9S2/c1-40-23-10-8-22(17-25(23)42-3)44(36,37)34(21-6-4-5-19(15-21)28(29,30)31)18-27(35)32-20-7-9-24(41-2)26(16-20)45(38,39)33-11-13-43-14-12-33/h4-10,15-17H,11-14,18H2,1-3H3,(H,32,35). The Morgan fingerprint density at radius 1 is 0.889 bits per heavy atom. The molecule has 0 radical (unpaired) electrons. The number of carbonyl (C=O) groups excluding carboxylic acids is 1. The number of morpholine rings is 1. The molecule has 1 saturated heterocycles. The number of nitrogens with zero attached hydrogens (tertiary/aromatic N) is 2. The Kier molecular flexibility index (Phi) is 10.2. The van der Waals surface area contributed by atoms with Crippen molar-refractivity contribution in [3.63, 3.8) is 0 Å². The molecule has 1 fully saturated rings. The molecule has 0 aromatic heterocycles. The SMILES string of the molecule is COc1ccc(S(=O)(=O)N(CC(=O)Nc2ccc(OC)c(S(=O)(=O)N3CCOCC3)c2)c2cccc(C(F)(F)F)c2)cc1OC. The lowest BCUT2D eigenvalue weighted by molar-refractivity contribution is -0.137. The van der Waals surface area contributed by atoms with Crippen molar-refractivity contribution >= 4 is 37.3 Å². The van der Waals surface area contributed by atoms with E-state index in [1.807, 2.05) is 0 Å². The Balaban J connectivity index is 1.71.